The summed E-state index contributed by atoms with van der Waals surface area (Å²) in [6.07, 6.45) is 0.424. The fourth-order valence-electron chi connectivity index (χ4n) is 8.12. The third kappa shape index (κ3) is 6.34. The molecule has 3 N–H and O–H groups in total. The zero-order valence-corrected chi connectivity index (χ0v) is 30.1. The van der Waals surface area contributed by atoms with Crippen LogP contribution in [0.15, 0.2) is 59.5 Å². The van der Waals surface area contributed by atoms with Gasteiger partial charge in [-0.25, -0.2) is 9.07 Å². The van der Waals surface area contributed by atoms with Crippen molar-refractivity contribution in [2.75, 3.05) is 37.4 Å². The molecule has 5 aromatic rings. The molecule has 2 aliphatic heterocycles. The number of nitrogens with two attached hydrogens (primary N) is 1. The fraction of sp³-hybridized carbons (Fsp3) is 0.351. The van der Waals surface area contributed by atoms with Crippen LogP contribution in [0.3, 0.4) is 0 Å². The van der Waals surface area contributed by atoms with Crippen molar-refractivity contribution in [3.63, 3.8) is 0 Å². The number of rotatable bonds is 6. The summed E-state index contributed by atoms with van der Waals surface area (Å²) < 4.78 is 63.8. The number of hydrogen-bond donors (Lipinski definition) is 2. The van der Waals surface area contributed by atoms with Crippen LogP contribution in [0.4, 0.5) is 29.1 Å². The second-order valence-corrected chi connectivity index (χ2v) is 14.5. The van der Waals surface area contributed by atoms with E-state index in [1.807, 2.05) is 13.0 Å². The number of aromatic nitrogens is 6. The Hall–Kier alpha value is -5.55. The number of ether oxygens (including phenoxy) is 1. The van der Waals surface area contributed by atoms with Crippen LogP contribution < -0.4 is 16.6 Å². The molecule has 2 aromatic carbocycles. The minimum atomic E-state index is -4.62. The quantitative estimate of drug-likeness (QED) is 0.212. The SMILES string of the molecule is CC1CC2(CCN(C(=O)c3cnn(-c4ccccc4F)c3N)CC2)c2c1n(CC(=O)Nc1ccc(C(F)(F)F)cc1Cl)c1nc(C3=CCOCC3)nn1c2=O. The van der Waals surface area contributed by atoms with Gasteiger partial charge in [-0.3, -0.25) is 14.4 Å². The zero-order valence-electron chi connectivity index (χ0n) is 29.4. The Balaban J connectivity index is 1.13. The maximum Gasteiger partial charge on any atom is 0.416 e. The summed E-state index contributed by atoms with van der Waals surface area (Å²) in [7, 11) is 0. The maximum absolute atomic E-state index is 14.5. The normalized spacial score (nSPS) is 18.1. The van der Waals surface area contributed by atoms with E-state index in [1.54, 1.807) is 15.5 Å². The van der Waals surface area contributed by atoms with E-state index in [0.29, 0.717) is 56.0 Å². The van der Waals surface area contributed by atoms with Gasteiger partial charge in [-0.2, -0.15) is 27.8 Å². The van der Waals surface area contributed by atoms with Gasteiger partial charge in [0, 0.05) is 29.8 Å². The molecule has 1 unspecified atom stereocenters. The molecule has 5 heterocycles. The Labute approximate surface area is 315 Å². The summed E-state index contributed by atoms with van der Waals surface area (Å²) >= 11 is 6.16. The summed E-state index contributed by atoms with van der Waals surface area (Å²) in [4.78, 5) is 48.3. The average Bonchev–Trinajstić information content (AvgIpc) is 3.85. The first kappa shape index (κ1) is 36.4. The van der Waals surface area contributed by atoms with Crippen LogP contribution in [-0.2, 0) is 27.7 Å². The smallest absolute Gasteiger partial charge is 0.383 e. The zero-order chi connectivity index (χ0) is 38.8. The molecule has 13 nitrogen and oxygen atoms in total. The van der Waals surface area contributed by atoms with Crippen molar-refractivity contribution >= 4 is 46.3 Å². The minimum Gasteiger partial charge on any atom is -0.383 e. The molecule has 1 saturated heterocycles. The first-order valence-corrected chi connectivity index (χ1v) is 18.0. The first-order chi connectivity index (χ1) is 26.3. The number of carbonyl (C=O) groups excluding carboxylic acids is 2. The maximum atomic E-state index is 14.5. The average molecular weight is 780 g/mol. The number of halogens is 5. The molecular weight excluding hydrogens is 746 g/mol. The Bertz CT molecular complexity index is 2460. The highest BCUT2D eigenvalue weighted by atomic mass is 35.5. The molecule has 2 amide bonds. The number of anilines is 2. The number of amides is 2. The first-order valence-electron chi connectivity index (χ1n) is 17.6. The van der Waals surface area contributed by atoms with Crippen molar-refractivity contribution in [2.45, 2.75) is 56.7 Å². The number of benzene rings is 2. The summed E-state index contributed by atoms with van der Waals surface area (Å²) in [5, 5.41) is 11.1. The van der Waals surface area contributed by atoms with Crippen molar-refractivity contribution < 1.29 is 31.9 Å². The standard InChI is InChI=1S/C37H34ClF4N9O4/c1-20-17-36(10-12-48(13-11-36)33(53)23-18-44-50(31(23)43)27-5-3-2-4-25(27)39)29-30(20)49(19-28(52)45-26-7-6-22(16-24(26)38)37(40,41)42)35-46-32(47-51(35)34(29)54)21-8-14-55-15-9-21/h2-8,16,18,20H,9-15,17,19,43H2,1H3,(H,45,52). The van der Waals surface area contributed by atoms with E-state index in [4.69, 9.17) is 27.1 Å². The van der Waals surface area contributed by atoms with Gasteiger partial charge in [-0.15, -0.1) is 5.10 Å². The summed E-state index contributed by atoms with van der Waals surface area (Å²) in [6, 6.07) is 8.61. The molecule has 1 fully saturated rings. The van der Waals surface area contributed by atoms with Crippen LogP contribution in [0, 0.1) is 5.82 Å². The minimum absolute atomic E-state index is 0.00186. The van der Waals surface area contributed by atoms with Gasteiger partial charge < -0.3 is 25.3 Å². The molecule has 1 spiro atoms. The fourth-order valence-corrected chi connectivity index (χ4v) is 8.35. The van der Waals surface area contributed by atoms with E-state index < -0.39 is 28.9 Å². The predicted molar refractivity (Wildman–Crippen MR) is 194 cm³/mol. The highest BCUT2D eigenvalue weighted by Crippen LogP contribution is 2.50. The lowest BCUT2D eigenvalue weighted by atomic mass is 9.73. The second-order valence-electron chi connectivity index (χ2n) is 14.1. The van der Waals surface area contributed by atoms with Gasteiger partial charge in [-0.1, -0.05) is 36.7 Å². The van der Waals surface area contributed by atoms with Crippen molar-refractivity contribution in [1.82, 2.24) is 33.8 Å². The van der Waals surface area contributed by atoms with Gasteiger partial charge in [0.15, 0.2) is 5.82 Å². The second kappa shape index (κ2) is 13.6. The molecule has 0 bridgehead atoms. The Kier molecular flexibility index (Phi) is 9.03. The lowest BCUT2D eigenvalue weighted by Gasteiger charge is -2.39. The van der Waals surface area contributed by atoms with E-state index in [9.17, 15) is 31.9 Å². The van der Waals surface area contributed by atoms with Crippen LogP contribution in [0.1, 0.15) is 71.5 Å². The number of carbonyl (C=O) groups is 2. The van der Waals surface area contributed by atoms with Gasteiger partial charge >= 0.3 is 6.18 Å². The van der Waals surface area contributed by atoms with Crippen molar-refractivity contribution in [1.29, 1.82) is 0 Å². The summed E-state index contributed by atoms with van der Waals surface area (Å²) in [6.45, 7) is 2.96. The van der Waals surface area contributed by atoms with Crippen molar-refractivity contribution in [3.8, 4) is 5.69 Å². The summed E-state index contributed by atoms with van der Waals surface area (Å²) in [5.74, 6) is -1.30. The Morgan fingerprint density at radius 3 is 2.60 bits per heavy atom. The third-order valence-electron chi connectivity index (χ3n) is 10.7. The molecular formula is C37H34ClF4N9O4. The number of nitrogen functional groups attached to an aromatic ring is 1. The summed E-state index contributed by atoms with van der Waals surface area (Å²) in [5.41, 5.74) is 6.37. The Morgan fingerprint density at radius 1 is 1.15 bits per heavy atom. The molecule has 55 heavy (non-hydrogen) atoms. The molecule has 1 atom stereocenters. The molecule has 3 aliphatic rings. The number of fused-ring (bicyclic) bond motifs is 3. The van der Waals surface area contributed by atoms with Crippen LogP contribution >= 0.6 is 11.6 Å². The number of nitrogens with one attached hydrogen (secondary N) is 1. The van der Waals surface area contributed by atoms with Gasteiger partial charge in [0.05, 0.1) is 35.7 Å². The number of hydrogen-bond acceptors (Lipinski definition) is 8. The monoisotopic (exact) mass is 779 g/mol. The van der Waals surface area contributed by atoms with Crippen LogP contribution in [0.25, 0.3) is 17.0 Å². The molecule has 3 aromatic heterocycles. The van der Waals surface area contributed by atoms with Gasteiger partial charge in [0.2, 0.25) is 11.7 Å². The topological polar surface area (TPSA) is 155 Å². The largest absolute Gasteiger partial charge is 0.416 e. The molecule has 0 saturated carbocycles. The molecule has 0 radical (unpaired) electrons. The molecule has 286 valence electrons. The number of nitrogens with zero attached hydrogens (tertiary/aromatic N) is 7. The van der Waals surface area contributed by atoms with Gasteiger partial charge in [-0.05, 0) is 67.5 Å². The number of piperidine rings is 1. The lowest BCUT2D eigenvalue weighted by molar-refractivity contribution is -0.137. The number of likely N-dealkylation sites (tertiary alicyclic amines) is 1. The molecule has 18 heteroatoms. The molecule has 1 aliphatic carbocycles. The van der Waals surface area contributed by atoms with Crippen molar-refractivity contribution in [2.24, 2.45) is 0 Å². The van der Waals surface area contributed by atoms with Gasteiger partial charge in [0.25, 0.3) is 11.5 Å². The van der Waals surface area contributed by atoms with Crippen molar-refractivity contribution in [3.05, 3.63) is 104 Å². The van der Waals surface area contributed by atoms with Gasteiger partial charge in [0.1, 0.15) is 29.4 Å². The van der Waals surface area contributed by atoms with Crippen LogP contribution in [0.5, 0.6) is 0 Å². The predicted octanol–water partition coefficient (Wildman–Crippen LogP) is 5.59. The number of para-hydroxylation sites is 1. The van der Waals surface area contributed by atoms with Crippen LogP contribution in [-0.4, -0.2) is 72.0 Å². The highest BCUT2D eigenvalue weighted by molar-refractivity contribution is 6.33. The Morgan fingerprint density at radius 2 is 1.91 bits per heavy atom. The van der Waals surface area contributed by atoms with E-state index in [1.165, 1.54) is 33.6 Å². The lowest BCUT2D eigenvalue weighted by Crippen LogP contribution is -2.46. The highest BCUT2D eigenvalue weighted by Gasteiger charge is 2.49. The van der Waals surface area contributed by atoms with E-state index in [2.05, 4.69) is 15.5 Å². The van der Waals surface area contributed by atoms with Crippen LogP contribution in [0.2, 0.25) is 5.02 Å². The molecule has 8 rings (SSSR count). The van der Waals surface area contributed by atoms with E-state index >= 15 is 0 Å². The van der Waals surface area contributed by atoms with E-state index in [-0.39, 0.29) is 70.6 Å². The van der Waals surface area contributed by atoms with E-state index in [0.717, 1.165) is 23.8 Å². The third-order valence-corrected chi connectivity index (χ3v) is 11.0. The number of alkyl halides is 3.